The number of halogens is 1. The second-order valence-electron chi connectivity index (χ2n) is 6.09. The van der Waals surface area contributed by atoms with Gasteiger partial charge in [-0.1, -0.05) is 41.4 Å². The number of benzene rings is 2. The Bertz CT molecular complexity index is 811. The summed E-state index contributed by atoms with van der Waals surface area (Å²) in [6.07, 6.45) is 1.91. The molecule has 0 saturated carbocycles. The third-order valence-electron chi connectivity index (χ3n) is 3.95. The number of hydrogen-bond donors (Lipinski definition) is 2. The van der Waals surface area contributed by atoms with Crippen molar-refractivity contribution in [2.24, 2.45) is 0 Å². The molecule has 0 fully saturated rings. The first-order valence-electron chi connectivity index (χ1n) is 9.16. The molecule has 0 atom stereocenters. The molecule has 2 aromatic rings. The Balaban J connectivity index is 2.19. The van der Waals surface area contributed by atoms with Crippen molar-refractivity contribution in [2.45, 2.75) is 19.8 Å². The molecule has 0 aliphatic rings. The minimum absolute atomic E-state index is 0.276. The Kier molecular flexibility index (Phi) is 8.97. The van der Waals surface area contributed by atoms with Crippen molar-refractivity contribution >= 4 is 33.4 Å². The molecule has 0 saturated heterocycles. The number of rotatable bonds is 10. The van der Waals surface area contributed by atoms with Gasteiger partial charge in [0.25, 0.3) is 11.8 Å². The average Bonchev–Trinajstić information content (AvgIpc) is 2.69. The molecule has 150 valence electrons. The van der Waals surface area contributed by atoms with E-state index in [1.165, 1.54) is 0 Å². The molecule has 0 unspecified atom stereocenters. The predicted molar refractivity (Wildman–Crippen MR) is 113 cm³/mol. The summed E-state index contributed by atoms with van der Waals surface area (Å²) in [4.78, 5) is 25.3. The van der Waals surface area contributed by atoms with Crippen LogP contribution >= 0.6 is 15.9 Å². The van der Waals surface area contributed by atoms with Crippen LogP contribution in [0, 0.1) is 0 Å². The summed E-state index contributed by atoms with van der Waals surface area (Å²) in [7, 11) is 1.57. The molecule has 2 aromatic carbocycles. The molecule has 0 heterocycles. The topological polar surface area (TPSA) is 76.7 Å². The molecule has 0 aromatic heterocycles. The van der Waals surface area contributed by atoms with Crippen molar-refractivity contribution in [3.8, 4) is 5.75 Å². The minimum Gasteiger partial charge on any atom is -0.493 e. The van der Waals surface area contributed by atoms with Crippen LogP contribution in [0.15, 0.2) is 46.9 Å². The van der Waals surface area contributed by atoms with Crippen LogP contribution in [-0.2, 0) is 4.74 Å². The van der Waals surface area contributed by atoms with E-state index < -0.39 is 0 Å². The van der Waals surface area contributed by atoms with Crippen LogP contribution in [0.1, 0.15) is 40.5 Å². The predicted octanol–water partition coefficient (Wildman–Crippen LogP) is 4.26. The molecular weight excluding hydrogens is 424 g/mol. The Morgan fingerprint density at radius 3 is 2.57 bits per heavy atom. The van der Waals surface area contributed by atoms with Crippen molar-refractivity contribution in [1.29, 1.82) is 0 Å². The normalized spacial score (nSPS) is 10.4. The van der Waals surface area contributed by atoms with E-state index in [0.717, 1.165) is 17.3 Å². The lowest BCUT2D eigenvalue weighted by atomic mass is 10.1. The van der Waals surface area contributed by atoms with Gasteiger partial charge >= 0.3 is 0 Å². The van der Waals surface area contributed by atoms with E-state index in [4.69, 9.17) is 9.47 Å². The molecule has 0 bridgehead atoms. The first kappa shape index (κ1) is 21.9. The van der Waals surface area contributed by atoms with Gasteiger partial charge in [0.05, 0.1) is 30.0 Å². The molecule has 6 nitrogen and oxygen atoms in total. The standard InChI is InChI=1S/C21H25BrN2O4/c1-3-4-12-28-19-10-9-15(22)14-17(19)21(26)24-18-8-6-5-7-16(18)20(25)23-11-13-27-2/h5-10,14H,3-4,11-13H2,1-2H3,(H,23,25)(H,24,26). The quantitative estimate of drug-likeness (QED) is 0.532. The summed E-state index contributed by atoms with van der Waals surface area (Å²) < 4.78 is 11.5. The number of amides is 2. The molecule has 2 amide bonds. The summed E-state index contributed by atoms with van der Waals surface area (Å²) in [6.45, 7) is 3.42. The van der Waals surface area contributed by atoms with Gasteiger partial charge in [0.1, 0.15) is 5.75 Å². The fourth-order valence-corrected chi connectivity index (χ4v) is 2.83. The SMILES string of the molecule is CCCCOc1ccc(Br)cc1C(=O)Nc1ccccc1C(=O)NCCOC. The molecule has 0 spiro atoms. The van der Waals surface area contributed by atoms with Crippen LogP contribution in [0.4, 0.5) is 5.69 Å². The van der Waals surface area contributed by atoms with E-state index in [1.54, 1.807) is 43.5 Å². The first-order valence-corrected chi connectivity index (χ1v) is 9.96. The van der Waals surface area contributed by atoms with Crippen molar-refractivity contribution in [1.82, 2.24) is 5.32 Å². The third-order valence-corrected chi connectivity index (χ3v) is 4.45. The molecule has 28 heavy (non-hydrogen) atoms. The molecule has 2 rings (SSSR count). The van der Waals surface area contributed by atoms with E-state index in [0.29, 0.717) is 42.3 Å². The van der Waals surface area contributed by atoms with Crippen molar-refractivity contribution in [3.05, 3.63) is 58.1 Å². The Hall–Kier alpha value is -2.38. The van der Waals surface area contributed by atoms with Gasteiger partial charge < -0.3 is 20.1 Å². The third kappa shape index (κ3) is 6.35. The number of nitrogens with one attached hydrogen (secondary N) is 2. The second kappa shape index (κ2) is 11.5. The van der Waals surface area contributed by atoms with Crippen LogP contribution < -0.4 is 15.4 Å². The van der Waals surface area contributed by atoms with Gasteiger partial charge in [-0.25, -0.2) is 0 Å². The minimum atomic E-state index is -0.343. The number of unbranched alkanes of at least 4 members (excludes halogenated alkanes) is 1. The highest BCUT2D eigenvalue weighted by molar-refractivity contribution is 9.10. The number of hydrogen-bond acceptors (Lipinski definition) is 4. The molecule has 0 aliphatic heterocycles. The van der Waals surface area contributed by atoms with Gasteiger partial charge in [-0.05, 0) is 36.8 Å². The lowest BCUT2D eigenvalue weighted by molar-refractivity contribution is 0.0938. The van der Waals surface area contributed by atoms with Crippen LogP contribution in [0.2, 0.25) is 0 Å². The van der Waals surface area contributed by atoms with Gasteiger partial charge in [-0.3, -0.25) is 9.59 Å². The number of carbonyl (C=O) groups is 2. The molecule has 0 aliphatic carbocycles. The van der Waals surface area contributed by atoms with Crippen molar-refractivity contribution < 1.29 is 19.1 Å². The fourth-order valence-electron chi connectivity index (χ4n) is 2.47. The Labute approximate surface area is 173 Å². The van der Waals surface area contributed by atoms with Crippen LogP contribution in [-0.4, -0.2) is 38.7 Å². The van der Waals surface area contributed by atoms with Crippen molar-refractivity contribution in [3.63, 3.8) is 0 Å². The van der Waals surface area contributed by atoms with E-state index >= 15 is 0 Å². The molecule has 0 radical (unpaired) electrons. The van der Waals surface area contributed by atoms with Gasteiger partial charge in [0, 0.05) is 18.1 Å². The maximum Gasteiger partial charge on any atom is 0.259 e. The van der Waals surface area contributed by atoms with Crippen LogP contribution in [0.3, 0.4) is 0 Å². The molecule has 2 N–H and O–H groups in total. The lowest BCUT2D eigenvalue weighted by Crippen LogP contribution is -2.28. The maximum absolute atomic E-state index is 12.9. The summed E-state index contributed by atoms with van der Waals surface area (Å²) in [6, 6.07) is 12.2. The fraction of sp³-hybridized carbons (Fsp3) is 0.333. The average molecular weight is 449 g/mol. The van der Waals surface area contributed by atoms with E-state index in [-0.39, 0.29) is 11.8 Å². The van der Waals surface area contributed by atoms with Crippen LogP contribution in [0.25, 0.3) is 0 Å². The number of para-hydroxylation sites is 1. The Morgan fingerprint density at radius 2 is 1.82 bits per heavy atom. The van der Waals surface area contributed by atoms with E-state index in [2.05, 4.69) is 33.5 Å². The molecule has 7 heteroatoms. The second-order valence-corrected chi connectivity index (χ2v) is 7.01. The Morgan fingerprint density at radius 1 is 1.04 bits per heavy atom. The van der Waals surface area contributed by atoms with Gasteiger partial charge in [-0.2, -0.15) is 0 Å². The zero-order valence-corrected chi connectivity index (χ0v) is 17.7. The molecular formula is C21H25BrN2O4. The van der Waals surface area contributed by atoms with Gasteiger partial charge in [0.2, 0.25) is 0 Å². The van der Waals surface area contributed by atoms with Gasteiger partial charge in [0.15, 0.2) is 0 Å². The van der Waals surface area contributed by atoms with E-state index in [9.17, 15) is 9.59 Å². The summed E-state index contributed by atoms with van der Waals surface area (Å²) in [5.74, 6) is -0.109. The van der Waals surface area contributed by atoms with Crippen LogP contribution in [0.5, 0.6) is 5.75 Å². The number of methoxy groups -OCH3 is 1. The zero-order valence-electron chi connectivity index (χ0n) is 16.1. The van der Waals surface area contributed by atoms with Crippen molar-refractivity contribution in [2.75, 3.05) is 32.2 Å². The largest absolute Gasteiger partial charge is 0.493 e. The lowest BCUT2D eigenvalue weighted by Gasteiger charge is -2.14. The summed E-state index contributed by atoms with van der Waals surface area (Å²) in [5, 5.41) is 5.59. The number of carbonyl (C=O) groups excluding carboxylic acids is 2. The maximum atomic E-state index is 12.9. The highest BCUT2D eigenvalue weighted by atomic mass is 79.9. The smallest absolute Gasteiger partial charge is 0.259 e. The monoisotopic (exact) mass is 448 g/mol. The summed E-state index contributed by atoms with van der Waals surface area (Å²) >= 11 is 3.39. The zero-order chi connectivity index (χ0) is 20.4. The van der Waals surface area contributed by atoms with Gasteiger partial charge in [-0.15, -0.1) is 0 Å². The summed E-state index contributed by atoms with van der Waals surface area (Å²) in [5.41, 5.74) is 1.22. The highest BCUT2D eigenvalue weighted by Gasteiger charge is 2.17. The number of ether oxygens (including phenoxy) is 2. The highest BCUT2D eigenvalue weighted by Crippen LogP contribution is 2.25. The number of anilines is 1. The first-order chi connectivity index (χ1) is 13.6. The van der Waals surface area contributed by atoms with E-state index in [1.807, 2.05) is 6.07 Å².